The number of aliphatic imine (C=N–C) groups is 1. The molecule has 1 fully saturated rings. The average molecular weight is 322 g/mol. The Labute approximate surface area is 141 Å². The molecule has 1 aliphatic rings. The summed E-state index contributed by atoms with van der Waals surface area (Å²) in [5.74, 6) is 1.61. The van der Waals surface area contributed by atoms with Crippen LogP contribution in [-0.4, -0.2) is 62.4 Å². The van der Waals surface area contributed by atoms with Crippen molar-refractivity contribution in [3.8, 4) is 0 Å². The van der Waals surface area contributed by atoms with Gasteiger partial charge in [0.2, 0.25) is 5.91 Å². The molecule has 0 bridgehead atoms. The Morgan fingerprint density at radius 2 is 1.96 bits per heavy atom. The van der Waals surface area contributed by atoms with Crippen molar-refractivity contribution in [1.82, 2.24) is 15.1 Å². The molecule has 0 saturated heterocycles. The number of allylic oxidation sites excluding steroid dienone is 1. The van der Waals surface area contributed by atoms with Crippen LogP contribution in [0.4, 0.5) is 0 Å². The quantitative estimate of drug-likeness (QED) is 0.323. The summed E-state index contributed by atoms with van der Waals surface area (Å²) in [4.78, 5) is 20.0. The van der Waals surface area contributed by atoms with Crippen molar-refractivity contribution >= 4 is 11.9 Å². The van der Waals surface area contributed by atoms with Gasteiger partial charge in [-0.2, -0.15) is 0 Å². The summed E-state index contributed by atoms with van der Waals surface area (Å²) in [5, 5.41) is 3.49. The molecule has 0 aliphatic heterocycles. The van der Waals surface area contributed by atoms with Crippen molar-refractivity contribution < 1.29 is 4.79 Å². The van der Waals surface area contributed by atoms with Gasteiger partial charge in [0, 0.05) is 34.2 Å². The number of rotatable bonds is 8. The molecule has 0 unspecified atom stereocenters. The molecular weight excluding hydrogens is 288 g/mol. The first-order valence-corrected chi connectivity index (χ1v) is 8.85. The summed E-state index contributed by atoms with van der Waals surface area (Å²) >= 11 is 0. The zero-order valence-electron chi connectivity index (χ0n) is 15.2. The van der Waals surface area contributed by atoms with Crippen molar-refractivity contribution in [2.45, 2.75) is 44.9 Å². The molecule has 0 aromatic rings. The van der Waals surface area contributed by atoms with Gasteiger partial charge in [0.15, 0.2) is 5.96 Å². The van der Waals surface area contributed by atoms with Gasteiger partial charge < -0.3 is 15.1 Å². The number of hydrogen-bond acceptors (Lipinski definition) is 2. The fraction of sp³-hybridized carbons (Fsp3) is 0.778. The van der Waals surface area contributed by atoms with Gasteiger partial charge in [-0.3, -0.25) is 4.79 Å². The molecule has 1 aliphatic carbocycles. The van der Waals surface area contributed by atoms with Crippen molar-refractivity contribution in [3.05, 3.63) is 12.7 Å². The number of likely N-dealkylation sites (N-methyl/N-ethyl adjacent to an activating group) is 1. The van der Waals surface area contributed by atoms with E-state index in [0.717, 1.165) is 37.8 Å². The van der Waals surface area contributed by atoms with Crippen LogP contribution < -0.4 is 5.32 Å². The topological polar surface area (TPSA) is 47.9 Å². The fourth-order valence-corrected chi connectivity index (χ4v) is 2.80. The van der Waals surface area contributed by atoms with Crippen molar-refractivity contribution in [3.63, 3.8) is 0 Å². The minimum atomic E-state index is 0.0291. The molecule has 1 rings (SSSR count). The van der Waals surface area contributed by atoms with Gasteiger partial charge in [-0.15, -0.1) is 6.58 Å². The fourth-order valence-electron chi connectivity index (χ4n) is 2.80. The zero-order chi connectivity index (χ0) is 17.1. The Bertz CT molecular complexity index is 386. The minimum Gasteiger partial charge on any atom is -0.356 e. The Morgan fingerprint density at radius 3 is 2.57 bits per heavy atom. The smallest absolute Gasteiger partial charge is 0.243 e. The summed E-state index contributed by atoms with van der Waals surface area (Å²) < 4.78 is 0. The van der Waals surface area contributed by atoms with Crippen LogP contribution in [0.15, 0.2) is 17.6 Å². The SMILES string of the molecule is C=CCCCN(C)C(=NCC(=O)N(C)C)NCC1CCCCC1. The van der Waals surface area contributed by atoms with E-state index in [0.29, 0.717) is 0 Å². The number of guanidine groups is 1. The van der Waals surface area contributed by atoms with Crippen LogP contribution in [-0.2, 0) is 4.79 Å². The van der Waals surface area contributed by atoms with E-state index in [-0.39, 0.29) is 12.5 Å². The lowest BCUT2D eigenvalue weighted by atomic mass is 9.89. The van der Waals surface area contributed by atoms with Crippen LogP contribution in [0.1, 0.15) is 44.9 Å². The predicted octanol–water partition coefficient (Wildman–Crippen LogP) is 2.50. The highest BCUT2D eigenvalue weighted by Gasteiger charge is 2.15. The second-order valence-electron chi connectivity index (χ2n) is 6.67. The van der Waals surface area contributed by atoms with E-state index < -0.39 is 0 Å². The molecule has 0 heterocycles. The van der Waals surface area contributed by atoms with Crippen LogP contribution in [0.25, 0.3) is 0 Å². The van der Waals surface area contributed by atoms with Crippen LogP contribution in [0, 0.1) is 5.92 Å². The first kappa shape index (κ1) is 19.5. The van der Waals surface area contributed by atoms with Gasteiger partial charge >= 0.3 is 0 Å². The van der Waals surface area contributed by atoms with Crippen molar-refractivity contribution in [1.29, 1.82) is 0 Å². The van der Waals surface area contributed by atoms with Crippen molar-refractivity contribution in [2.75, 3.05) is 40.8 Å². The molecule has 1 amide bonds. The highest BCUT2D eigenvalue weighted by Crippen LogP contribution is 2.22. The molecular formula is C18H34N4O. The minimum absolute atomic E-state index is 0.0291. The first-order valence-electron chi connectivity index (χ1n) is 8.85. The number of nitrogens with zero attached hydrogens (tertiary/aromatic N) is 3. The molecule has 1 saturated carbocycles. The molecule has 0 atom stereocenters. The molecule has 132 valence electrons. The lowest BCUT2D eigenvalue weighted by molar-refractivity contribution is -0.127. The monoisotopic (exact) mass is 322 g/mol. The molecule has 23 heavy (non-hydrogen) atoms. The maximum absolute atomic E-state index is 11.8. The van der Waals surface area contributed by atoms with Gasteiger partial charge in [0.1, 0.15) is 6.54 Å². The largest absolute Gasteiger partial charge is 0.356 e. The Balaban J connectivity index is 2.56. The highest BCUT2D eigenvalue weighted by atomic mass is 16.2. The van der Waals surface area contributed by atoms with E-state index in [1.165, 1.54) is 32.1 Å². The molecule has 1 N–H and O–H groups in total. The molecule has 0 radical (unpaired) electrons. The standard InChI is InChI=1S/C18H34N4O/c1-5-6-10-13-22(4)18(20-15-17(23)21(2)3)19-14-16-11-8-7-9-12-16/h5,16H,1,6-15H2,2-4H3,(H,19,20). The van der Waals surface area contributed by atoms with Crippen LogP contribution in [0.3, 0.4) is 0 Å². The van der Waals surface area contributed by atoms with Gasteiger partial charge in [-0.25, -0.2) is 4.99 Å². The van der Waals surface area contributed by atoms with E-state index in [9.17, 15) is 4.79 Å². The summed E-state index contributed by atoms with van der Waals surface area (Å²) in [6, 6.07) is 0. The van der Waals surface area contributed by atoms with E-state index >= 15 is 0 Å². The average Bonchev–Trinajstić information content (AvgIpc) is 2.55. The third-order valence-corrected chi connectivity index (χ3v) is 4.40. The number of hydrogen-bond donors (Lipinski definition) is 1. The highest BCUT2D eigenvalue weighted by molar-refractivity contribution is 5.84. The van der Waals surface area contributed by atoms with E-state index in [2.05, 4.69) is 21.8 Å². The van der Waals surface area contributed by atoms with Crippen LogP contribution in [0.5, 0.6) is 0 Å². The van der Waals surface area contributed by atoms with E-state index in [1.807, 2.05) is 13.1 Å². The zero-order valence-corrected chi connectivity index (χ0v) is 15.2. The molecule has 0 aromatic carbocycles. The first-order chi connectivity index (χ1) is 11.0. The normalized spacial score (nSPS) is 16.0. The summed E-state index contributed by atoms with van der Waals surface area (Å²) in [5.41, 5.74) is 0. The molecule has 5 nitrogen and oxygen atoms in total. The molecule has 5 heteroatoms. The van der Waals surface area contributed by atoms with E-state index in [4.69, 9.17) is 0 Å². The predicted molar refractivity (Wildman–Crippen MR) is 97.6 cm³/mol. The number of carbonyl (C=O) groups is 1. The number of nitrogens with one attached hydrogen (secondary N) is 1. The third kappa shape index (κ3) is 8.05. The Hall–Kier alpha value is -1.52. The Kier molecular flexibility index (Phi) is 9.41. The van der Waals surface area contributed by atoms with Crippen LogP contribution >= 0.6 is 0 Å². The third-order valence-electron chi connectivity index (χ3n) is 4.40. The lowest BCUT2D eigenvalue weighted by Gasteiger charge is -2.26. The lowest BCUT2D eigenvalue weighted by Crippen LogP contribution is -2.42. The summed E-state index contributed by atoms with van der Waals surface area (Å²) in [7, 11) is 5.57. The number of unbranched alkanes of at least 4 members (excludes halogenated alkanes) is 1. The number of carbonyl (C=O) groups excluding carboxylic acids is 1. The summed E-state index contributed by atoms with van der Waals surface area (Å²) in [6.07, 6.45) is 10.6. The van der Waals surface area contributed by atoms with Crippen LogP contribution in [0.2, 0.25) is 0 Å². The number of amides is 1. The van der Waals surface area contributed by atoms with Gasteiger partial charge in [0.05, 0.1) is 0 Å². The van der Waals surface area contributed by atoms with Gasteiger partial charge in [0.25, 0.3) is 0 Å². The summed E-state index contributed by atoms with van der Waals surface area (Å²) in [6.45, 7) is 5.84. The second-order valence-corrected chi connectivity index (χ2v) is 6.67. The Morgan fingerprint density at radius 1 is 1.26 bits per heavy atom. The molecule has 0 aromatic heterocycles. The van der Waals surface area contributed by atoms with Gasteiger partial charge in [-0.05, 0) is 31.6 Å². The maximum Gasteiger partial charge on any atom is 0.243 e. The van der Waals surface area contributed by atoms with E-state index in [1.54, 1.807) is 19.0 Å². The van der Waals surface area contributed by atoms with Gasteiger partial charge in [-0.1, -0.05) is 25.3 Å². The second kappa shape index (κ2) is 11.1. The maximum atomic E-state index is 11.8. The van der Waals surface area contributed by atoms with Crippen molar-refractivity contribution in [2.24, 2.45) is 10.9 Å². The molecule has 0 spiro atoms.